The number of ether oxygens (including phenoxy) is 2. The van der Waals surface area contributed by atoms with Gasteiger partial charge in [0.1, 0.15) is 11.5 Å². The number of para-hydroxylation sites is 1. The van der Waals surface area contributed by atoms with E-state index < -0.39 is 17.6 Å². The van der Waals surface area contributed by atoms with Crippen molar-refractivity contribution in [2.45, 2.75) is 37.9 Å². The van der Waals surface area contributed by atoms with E-state index in [0.29, 0.717) is 50.4 Å². The molecule has 0 aliphatic carbocycles. The number of anilines is 1. The van der Waals surface area contributed by atoms with Gasteiger partial charge in [0.05, 0.1) is 12.2 Å². The monoisotopic (exact) mass is 511 g/mol. The van der Waals surface area contributed by atoms with E-state index in [1.807, 2.05) is 55.4 Å². The Morgan fingerprint density at radius 2 is 1.89 bits per heavy atom. The van der Waals surface area contributed by atoms with E-state index in [-0.39, 0.29) is 31.4 Å². The molecule has 0 radical (unpaired) electrons. The molecule has 0 aromatic heterocycles. The quantitative estimate of drug-likeness (QED) is 0.572. The van der Waals surface area contributed by atoms with Crippen LogP contribution in [0.5, 0.6) is 11.5 Å². The van der Waals surface area contributed by atoms with E-state index in [1.165, 1.54) is 0 Å². The summed E-state index contributed by atoms with van der Waals surface area (Å²) in [5.74, 6) is 0.821. The molecular formula is C28H37N3O6. The number of aliphatic hydroxyl groups excluding tert-OH is 2. The summed E-state index contributed by atoms with van der Waals surface area (Å²) in [5.41, 5.74) is 1.30. The average Bonchev–Trinajstić information content (AvgIpc) is 2.90. The largest absolute Gasteiger partial charge is 0.484 e. The molecule has 0 bridgehead atoms. The molecule has 2 aliphatic rings. The minimum atomic E-state index is -0.973. The van der Waals surface area contributed by atoms with Crippen LogP contribution in [0.1, 0.15) is 24.8 Å². The summed E-state index contributed by atoms with van der Waals surface area (Å²) in [6, 6.07) is 14.8. The highest BCUT2D eigenvalue weighted by atomic mass is 16.5. The fourth-order valence-electron chi connectivity index (χ4n) is 5.01. The van der Waals surface area contributed by atoms with E-state index in [1.54, 1.807) is 17.0 Å². The lowest BCUT2D eigenvalue weighted by Crippen LogP contribution is -2.51. The molecule has 2 aromatic carbocycles. The van der Waals surface area contributed by atoms with Gasteiger partial charge >= 0.3 is 0 Å². The van der Waals surface area contributed by atoms with Crippen LogP contribution in [0.3, 0.4) is 0 Å². The van der Waals surface area contributed by atoms with Gasteiger partial charge in [0.2, 0.25) is 0 Å². The number of piperidine rings is 1. The van der Waals surface area contributed by atoms with Crippen LogP contribution < -0.4 is 19.7 Å². The summed E-state index contributed by atoms with van der Waals surface area (Å²) < 4.78 is 11.4. The van der Waals surface area contributed by atoms with Crippen LogP contribution in [0.4, 0.5) is 5.69 Å². The average molecular weight is 512 g/mol. The van der Waals surface area contributed by atoms with Crippen molar-refractivity contribution in [2.75, 3.05) is 51.8 Å². The molecular weight excluding hydrogens is 474 g/mol. The Balaban J connectivity index is 1.38. The van der Waals surface area contributed by atoms with Crippen LogP contribution in [-0.2, 0) is 16.0 Å². The molecule has 200 valence electrons. The lowest BCUT2D eigenvalue weighted by molar-refractivity contribution is -0.137. The zero-order valence-electron chi connectivity index (χ0n) is 21.6. The van der Waals surface area contributed by atoms with Crippen molar-refractivity contribution in [1.82, 2.24) is 10.2 Å². The Morgan fingerprint density at radius 1 is 1.14 bits per heavy atom. The maximum Gasteiger partial charge on any atom is 0.260 e. The zero-order chi connectivity index (χ0) is 26.4. The van der Waals surface area contributed by atoms with E-state index >= 15 is 0 Å². The highest BCUT2D eigenvalue weighted by Crippen LogP contribution is 2.37. The number of likely N-dealkylation sites (tertiary alicyclic amines) is 1. The lowest BCUT2D eigenvalue weighted by atomic mass is 9.73. The highest BCUT2D eigenvalue weighted by Gasteiger charge is 2.39. The van der Waals surface area contributed by atoms with Crippen LogP contribution in [0, 0.1) is 5.41 Å². The first-order valence-electron chi connectivity index (χ1n) is 12.8. The van der Waals surface area contributed by atoms with Crippen molar-refractivity contribution in [1.29, 1.82) is 0 Å². The summed E-state index contributed by atoms with van der Waals surface area (Å²) >= 11 is 0. The fraction of sp³-hybridized carbons (Fsp3) is 0.500. The van der Waals surface area contributed by atoms with Gasteiger partial charge in [0, 0.05) is 51.9 Å². The molecule has 1 spiro atoms. The van der Waals surface area contributed by atoms with Gasteiger partial charge in [-0.3, -0.25) is 9.59 Å². The van der Waals surface area contributed by atoms with Gasteiger partial charge in [0.15, 0.2) is 13.2 Å². The summed E-state index contributed by atoms with van der Waals surface area (Å²) in [5, 5.41) is 24.6. The summed E-state index contributed by atoms with van der Waals surface area (Å²) in [7, 11) is 3.89. The Bertz CT molecular complexity index is 1080. The molecule has 37 heavy (non-hydrogen) atoms. The molecule has 0 saturated carbocycles. The van der Waals surface area contributed by atoms with Gasteiger partial charge in [-0.15, -0.1) is 0 Å². The number of nitrogens with one attached hydrogen (secondary N) is 1. The second kappa shape index (κ2) is 11.8. The van der Waals surface area contributed by atoms with Crippen LogP contribution in [-0.4, -0.2) is 86.1 Å². The number of carbonyl (C=O) groups is 2. The lowest BCUT2D eigenvalue weighted by Gasteiger charge is -2.43. The third-order valence-electron chi connectivity index (χ3n) is 7.38. The molecule has 2 atom stereocenters. The Kier molecular flexibility index (Phi) is 8.56. The molecule has 9 heteroatoms. The minimum absolute atomic E-state index is 0.0568. The Morgan fingerprint density at radius 3 is 2.65 bits per heavy atom. The van der Waals surface area contributed by atoms with E-state index in [2.05, 4.69) is 5.32 Å². The smallest absolute Gasteiger partial charge is 0.260 e. The van der Waals surface area contributed by atoms with Gasteiger partial charge in [-0.25, -0.2) is 0 Å². The number of rotatable bonds is 4. The first kappa shape index (κ1) is 26.8. The van der Waals surface area contributed by atoms with E-state index in [4.69, 9.17) is 9.47 Å². The van der Waals surface area contributed by atoms with Crippen LogP contribution >= 0.6 is 0 Å². The molecule has 4 rings (SSSR count). The first-order valence-corrected chi connectivity index (χ1v) is 12.8. The molecule has 2 heterocycles. The zero-order valence-corrected chi connectivity index (χ0v) is 21.6. The molecule has 2 aromatic rings. The van der Waals surface area contributed by atoms with Crippen molar-refractivity contribution in [3.8, 4) is 11.5 Å². The third kappa shape index (κ3) is 6.93. The Labute approximate surface area is 218 Å². The van der Waals surface area contributed by atoms with Gasteiger partial charge in [0.25, 0.3) is 11.8 Å². The van der Waals surface area contributed by atoms with Crippen molar-refractivity contribution in [2.24, 2.45) is 5.41 Å². The maximum absolute atomic E-state index is 12.9. The Hall–Kier alpha value is -3.30. The number of amides is 2. The summed E-state index contributed by atoms with van der Waals surface area (Å²) in [6.07, 6.45) is -0.201. The van der Waals surface area contributed by atoms with Crippen molar-refractivity contribution in [3.63, 3.8) is 0 Å². The van der Waals surface area contributed by atoms with Crippen LogP contribution in [0.15, 0.2) is 48.5 Å². The molecule has 1 fully saturated rings. The first-order chi connectivity index (χ1) is 17.7. The van der Waals surface area contributed by atoms with Crippen LogP contribution in [0.2, 0.25) is 0 Å². The fourth-order valence-corrected chi connectivity index (χ4v) is 5.01. The normalized spacial score (nSPS) is 22.1. The standard InChI is InChI=1S/C28H37N3O6/c1-30(2)21-7-5-8-22(15-21)36-18-27(35)31-12-10-28(11-13-31)16-24(33)23(32)14-20-6-3-4-9-25(20)37-17-26(34)29-19-28/h3-9,15,23-24,32-33H,10-14,16-19H2,1-2H3,(H,29,34)/t23-,24+/m0/s1. The molecule has 0 unspecified atom stereocenters. The maximum atomic E-state index is 12.9. The summed E-state index contributed by atoms with van der Waals surface area (Å²) in [4.78, 5) is 29.1. The van der Waals surface area contributed by atoms with Crippen molar-refractivity contribution < 1.29 is 29.3 Å². The number of nitrogens with zero attached hydrogens (tertiary/aromatic N) is 2. The predicted molar refractivity (Wildman–Crippen MR) is 140 cm³/mol. The number of hydrogen-bond donors (Lipinski definition) is 3. The number of benzene rings is 2. The van der Waals surface area contributed by atoms with Gasteiger partial charge < -0.3 is 34.8 Å². The number of aliphatic hydroxyl groups is 2. The SMILES string of the molecule is CN(C)c1cccc(OCC(=O)N2CCC3(CC2)CNC(=O)COc2ccccc2C[C@H](O)[C@H](O)C3)c1. The van der Waals surface area contributed by atoms with E-state index in [0.717, 1.165) is 11.3 Å². The topological polar surface area (TPSA) is 112 Å². The van der Waals surface area contributed by atoms with Crippen molar-refractivity contribution >= 4 is 17.5 Å². The third-order valence-corrected chi connectivity index (χ3v) is 7.38. The number of fused-ring (bicyclic) bond motifs is 1. The highest BCUT2D eigenvalue weighted by molar-refractivity contribution is 5.78. The van der Waals surface area contributed by atoms with E-state index in [9.17, 15) is 19.8 Å². The molecule has 3 N–H and O–H groups in total. The summed E-state index contributed by atoms with van der Waals surface area (Å²) in [6.45, 7) is 1.13. The number of carbonyl (C=O) groups excluding carboxylic acids is 2. The molecule has 2 amide bonds. The minimum Gasteiger partial charge on any atom is -0.484 e. The molecule has 9 nitrogen and oxygen atoms in total. The van der Waals surface area contributed by atoms with Gasteiger partial charge in [-0.2, -0.15) is 0 Å². The van der Waals surface area contributed by atoms with Gasteiger partial charge in [-0.1, -0.05) is 24.3 Å². The predicted octanol–water partition coefficient (Wildman–Crippen LogP) is 1.60. The van der Waals surface area contributed by atoms with Crippen molar-refractivity contribution in [3.05, 3.63) is 54.1 Å². The van der Waals surface area contributed by atoms with Crippen LogP contribution in [0.25, 0.3) is 0 Å². The molecule has 2 aliphatic heterocycles. The van der Waals surface area contributed by atoms with Gasteiger partial charge in [-0.05, 0) is 48.4 Å². The number of hydrogen-bond acceptors (Lipinski definition) is 7. The molecule has 1 saturated heterocycles. The second-order valence-corrected chi connectivity index (χ2v) is 10.3. The second-order valence-electron chi connectivity index (χ2n) is 10.3.